The fourth-order valence-corrected chi connectivity index (χ4v) is 3.79. The van der Waals surface area contributed by atoms with Gasteiger partial charge in [0.15, 0.2) is 0 Å². The van der Waals surface area contributed by atoms with Gasteiger partial charge in [-0.05, 0) is 60.5 Å². The molecule has 0 aliphatic rings. The largest absolute Gasteiger partial charge is 0.508 e. The second-order valence-corrected chi connectivity index (χ2v) is 8.16. The molecule has 0 unspecified atom stereocenters. The Morgan fingerprint density at radius 3 is 2.51 bits per heavy atom. The predicted molar refractivity (Wildman–Crippen MR) is 129 cm³/mol. The van der Waals surface area contributed by atoms with Crippen molar-refractivity contribution in [1.82, 2.24) is 14.9 Å². The molecule has 6 nitrogen and oxygen atoms in total. The molecular formula is C26H25F3N4O2. The second kappa shape index (κ2) is 10.1. The predicted octanol–water partition coefficient (Wildman–Crippen LogP) is 6.08. The van der Waals surface area contributed by atoms with Crippen molar-refractivity contribution >= 4 is 28.6 Å². The highest BCUT2D eigenvalue weighted by Gasteiger charge is 2.33. The molecule has 0 bridgehead atoms. The van der Waals surface area contributed by atoms with Gasteiger partial charge in [-0.3, -0.25) is 4.79 Å². The van der Waals surface area contributed by atoms with Crippen molar-refractivity contribution in [2.45, 2.75) is 32.5 Å². The summed E-state index contributed by atoms with van der Waals surface area (Å²) in [6.07, 6.45) is -2.68. The first kappa shape index (κ1) is 24.1. The molecule has 4 aromatic rings. The van der Waals surface area contributed by atoms with E-state index in [1.165, 1.54) is 24.3 Å². The number of amides is 1. The zero-order chi connectivity index (χ0) is 25.0. The number of hydrogen-bond donors (Lipinski definition) is 3. The Hall–Kier alpha value is -4.01. The SMILES string of the molecule is CCCCNC(=O)c1ccc2c(c1)nc(Nc1ccc(O)cc1)n2Cc1ccccc1C(F)(F)F. The summed E-state index contributed by atoms with van der Waals surface area (Å²) in [5.41, 5.74) is 1.44. The molecule has 3 N–H and O–H groups in total. The van der Waals surface area contributed by atoms with Crippen molar-refractivity contribution in [1.29, 1.82) is 0 Å². The number of anilines is 2. The number of imidazole rings is 1. The van der Waals surface area contributed by atoms with Gasteiger partial charge < -0.3 is 20.3 Å². The number of phenols is 1. The molecule has 35 heavy (non-hydrogen) atoms. The number of carbonyl (C=O) groups excluding carboxylic acids is 1. The van der Waals surface area contributed by atoms with Crippen LogP contribution in [0.5, 0.6) is 5.75 Å². The summed E-state index contributed by atoms with van der Waals surface area (Å²) < 4.78 is 42.6. The summed E-state index contributed by atoms with van der Waals surface area (Å²) in [7, 11) is 0. The zero-order valence-corrected chi connectivity index (χ0v) is 19.1. The van der Waals surface area contributed by atoms with E-state index < -0.39 is 11.7 Å². The first-order chi connectivity index (χ1) is 16.8. The maximum absolute atomic E-state index is 13.6. The van der Waals surface area contributed by atoms with Crippen LogP contribution in [0.25, 0.3) is 11.0 Å². The molecule has 0 saturated carbocycles. The molecule has 182 valence electrons. The fourth-order valence-electron chi connectivity index (χ4n) is 3.79. The number of phenolic OH excluding ortho intramolecular Hbond substituents is 1. The van der Waals surface area contributed by atoms with Gasteiger partial charge >= 0.3 is 6.18 Å². The fraction of sp³-hybridized carbons (Fsp3) is 0.231. The van der Waals surface area contributed by atoms with Crippen LogP contribution in [0.4, 0.5) is 24.8 Å². The lowest BCUT2D eigenvalue weighted by molar-refractivity contribution is -0.138. The van der Waals surface area contributed by atoms with Gasteiger partial charge in [0, 0.05) is 17.8 Å². The summed E-state index contributed by atoms with van der Waals surface area (Å²) in [6, 6.07) is 16.6. The Morgan fingerprint density at radius 1 is 1.06 bits per heavy atom. The van der Waals surface area contributed by atoms with E-state index in [1.807, 2.05) is 6.92 Å². The summed E-state index contributed by atoms with van der Waals surface area (Å²) in [5.74, 6) is 0.165. The van der Waals surface area contributed by atoms with E-state index in [0.717, 1.165) is 18.9 Å². The summed E-state index contributed by atoms with van der Waals surface area (Å²) in [5, 5.41) is 15.5. The number of aromatic nitrogens is 2. The number of nitrogens with zero attached hydrogens (tertiary/aromatic N) is 2. The van der Waals surface area contributed by atoms with Crippen LogP contribution in [-0.4, -0.2) is 27.1 Å². The Balaban J connectivity index is 1.76. The van der Waals surface area contributed by atoms with Crippen LogP contribution in [0, 0.1) is 0 Å². The Kier molecular flexibility index (Phi) is 6.95. The number of carbonyl (C=O) groups is 1. The van der Waals surface area contributed by atoms with Crippen LogP contribution in [0.3, 0.4) is 0 Å². The average molecular weight is 483 g/mol. The maximum Gasteiger partial charge on any atom is 0.416 e. The standard InChI is InChI=1S/C26H25F3N4O2/c1-2-3-14-30-24(35)17-8-13-23-22(15-17)32-25(31-19-9-11-20(34)12-10-19)33(23)16-18-6-4-5-7-21(18)26(27,28)29/h4-13,15,34H,2-3,14,16H2,1H3,(H,30,35)(H,31,32). The number of unbranched alkanes of at least 4 members (excludes halogenated alkanes) is 1. The number of nitrogens with one attached hydrogen (secondary N) is 2. The summed E-state index contributed by atoms with van der Waals surface area (Å²) in [4.78, 5) is 17.1. The molecule has 9 heteroatoms. The first-order valence-electron chi connectivity index (χ1n) is 11.3. The monoisotopic (exact) mass is 482 g/mol. The first-order valence-corrected chi connectivity index (χ1v) is 11.3. The third-order valence-corrected chi connectivity index (χ3v) is 5.60. The Bertz CT molecular complexity index is 1330. The van der Waals surface area contributed by atoms with Gasteiger partial charge in [0.2, 0.25) is 5.95 Å². The quantitative estimate of drug-likeness (QED) is 0.210. The normalized spacial score (nSPS) is 11.5. The molecule has 1 amide bonds. The van der Waals surface area contributed by atoms with Gasteiger partial charge in [-0.25, -0.2) is 4.98 Å². The molecule has 0 saturated heterocycles. The van der Waals surface area contributed by atoms with Crippen molar-refractivity contribution in [2.75, 3.05) is 11.9 Å². The zero-order valence-electron chi connectivity index (χ0n) is 19.1. The van der Waals surface area contributed by atoms with E-state index >= 15 is 0 Å². The second-order valence-electron chi connectivity index (χ2n) is 8.16. The van der Waals surface area contributed by atoms with E-state index in [4.69, 9.17) is 0 Å². The lowest BCUT2D eigenvalue weighted by Crippen LogP contribution is -2.24. The van der Waals surface area contributed by atoms with Crippen molar-refractivity contribution in [3.63, 3.8) is 0 Å². The summed E-state index contributed by atoms with van der Waals surface area (Å²) >= 11 is 0. The molecule has 0 atom stereocenters. The number of rotatable bonds is 8. The van der Waals surface area contributed by atoms with Crippen molar-refractivity contribution in [2.24, 2.45) is 0 Å². The minimum Gasteiger partial charge on any atom is -0.508 e. The van der Waals surface area contributed by atoms with Gasteiger partial charge in [-0.1, -0.05) is 31.5 Å². The highest BCUT2D eigenvalue weighted by atomic mass is 19.4. The molecule has 0 radical (unpaired) electrons. The molecule has 0 aliphatic heterocycles. The number of aromatic hydroxyl groups is 1. The topological polar surface area (TPSA) is 79.2 Å². The molecule has 4 rings (SSSR count). The van der Waals surface area contributed by atoms with E-state index in [0.29, 0.717) is 34.8 Å². The Morgan fingerprint density at radius 2 is 1.80 bits per heavy atom. The molecule has 1 aromatic heterocycles. The number of benzene rings is 3. The van der Waals surface area contributed by atoms with Crippen LogP contribution in [-0.2, 0) is 12.7 Å². The maximum atomic E-state index is 13.6. The third kappa shape index (κ3) is 5.56. The molecule has 0 aliphatic carbocycles. The van der Waals surface area contributed by atoms with Crippen LogP contribution in [0.1, 0.15) is 41.3 Å². The van der Waals surface area contributed by atoms with Crippen LogP contribution in [0.15, 0.2) is 66.7 Å². The number of fused-ring (bicyclic) bond motifs is 1. The van der Waals surface area contributed by atoms with Crippen LogP contribution in [0.2, 0.25) is 0 Å². The lowest BCUT2D eigenvalue weighted by Gasteiger charge is -2.16. The van der Waals surface area contributed by atoms with Crippen molar-refractivity contribution < 1.29 is 23.1 Å². The van der Waals surface area contributed by atoms with Crippen molar-refractivity contribution in [3.8, 4) is 5.75 Å². The van der Waals surface area contributed by atoms with Gasteiger partial charge in [-0.2, -0.15) is 13.2 Å². The van der Waals surface area contributed by atoms with Crippen molar-refractivity contribution in [3.05, 3.63) is 83.4 Å². The minimum absolute atomic E-state index is 0.0851. The minimum atomic E-state index is -4.50. The number of halogens is 3. The molecular weight excluding hydrogens is 457 g/mol. The highest BCUT2D eigenvalue weighted by Crippen LogP contribution is 2.34. The highest BCUT2D eigenvalue weighted by molar-refractivity contribution is 5.97. The molecule has 3 aromatic carbocycles. The van der Waals surface area contributed by atoms with Gasteiger partial charge in [0.25, 0.3) is 5.91 Å². The Labute approximate surface area is 200 Å². The van der Waals surface area contributed by atoms with E-state index in [-0.39, 0.29) is 23.8 Å². The smallest absolute Gasteiger partial charge is 0.416 e. The van der Waals surface area contributed by atoms with Gasteiger partial charge in [-0.15, -0.1) is 0 Å². The summed E-state index contributed by atoms with van der Waals surface area (Å²) in [6.45, 7) is 2.50. The third-order valence-electron chi connectivity index (χ3n) is 5.60. The number of hydrogen-bond acceptors (Lipinski definition) is 4. The van der Waals surface area contributed by atoms with Crippen LogP contribution >= 0.6 is 0 Å². The van der Waals surface area contributed by atoms with E-state index in [2.05, 4.69) is 15.6 Å². The van der Waals surface area contributed by atoms with E-state index in [9.17, 15) is 23.1 Å². The van der Waals surface area contributed by atoms with Gasteiger partial charge in [0.05, 0.1) is 23.1 Å². The number of alkyl halides is 3. The molecule has 0 fully saturated rings. The van der Waals surface area contributed by atoms with Crippen LogP contribution < -0.4 is 10.6 Å². The molecule has 0 spiro atoms. The lowest BCUT2D eigenvalue weighted by atomic mass is 10.1. The van der Waals surface area contributed by atoms with Gasteiger partial charge in [0.1, 0.15) is 5.75 Å². The van der Waals surface area contributed by atoms with E-state index in [1.54, 1.807) is 41.0 Å². The average Bonchev–Trinajstić information content (AvgIpc) is 3.16. The molecule has 1 heterocycles.